The summed E-state index contributed by atoms with van der Waals surface area (Å²) in [5, 5.41) is 2.91. The maximum atomic E-state index is 12.4. The largest absolute Gasteiger partial charge is 0.493 e. The van der Waals surface area contributed by atoms with Crippen molar-refractivity contribution in [2.45, 2.75) is 19.1 Å². The van der Waals surface area contributed by atoms with Crippen LogP contribution >= 0.6 is 0 Å². The van der Waals surface area contributed by atoms with Crippen molar-refractivity contribution >= 4 is 11.7 Å². The molecule has 2 saturated heterocycles. The fraction of sp³-hybridized carbons (Fsp3) is 0.588. The Labute approximate surface area is 141 Å². The van der Waals surface area contributed by atoms with Gasteiger partial charge in [-0.25, -0.2) is 4.79 Å². The fourth-order valence-electron chi connectivity index (χ4n) is 3.14. The van der Waals surface area contributed by atoms with Gasteiger partial charge in [0.25, 0.3) is 0 Å². The number of rotatable bonds is 4. The number of carbonyl (C=O) groups is 1. The smallest absolute Gasteiger partial charge is 0.321 e. The average Bonchev–Trinajstić information content (AvgIpc) is 3.16. The monoisotopic (exact) mass is 336 g/mol. The first-order valence-corrected chi connectivity index (χ1v) is 8.22. The summed E-state index contributed by atoms with van der Waals surface area (Å²) in [6.45, 7) is 2.75. The third-order valence-corrected chi connectivity index (χ3v) is 4.49. The summed E-state index contributed by atoms with van der Waals surface area (Å²) in [6, 6.07) is 5.22. The van der Waals surface area contributed by atoms with Gasteiger partial charge < -0.3 is 29.2 Å². The molecule has 2 aliphatic heterocycles. The summed E-state index contributed by atoms with van der Waals surface area (Å²) >= 11 is 0. The molecule has 24 heavy (non-hydrogen) atoms. The van der Waals surface area contributed by atoms with Crippen LogP contribution < -0.4 is 14.8 Å². The summed E-state index contributed by atoms with van der Waals surface area (Å²) in [6.07, 6.45) is 1.69. The second kappa shape index (κ2) is 7.72. The highest BCUT2D eigenvalue weighted by Crippen LogP contribution is 2.30. The van der Waals surface area contributed by atoms with Crippen LogP contribution in [0.3, 0.4) is 0 Å². The molecule has 0 saturated carbocycles. The Morgan fingerprint density at radius 3 is 2.42 bits per heavy atom. The number of nitrogens with zero attached hydrogens (tertiary/aromatic N) is 1. The van der Waals surface area contributed by atoms with Crippen LogP contribution in [0.4, 0.5) is 10.5 Å². The molecule has 2 aliphatic rings. The number of likely N-dealkylation sites (tertiary alicyclic amines) is 1. The van der Waals surface area contributed by atoms with Crippen molar-refractivity contribution in [3.8, 4) is 11.5 Å². The van der Waals surface area contributed by atoms with Gasteiger partial charge in [0.1, 0.15) is 0 Å². The number of hydrogen-bond donors (Lipinski definition) is 1. The Bertz CT molecular complexity index is 566. The minimum absolute atomic E-state index is 0.0962. The van der Waals surface area contributed by atoms with Crippen LogP contribution in [0.15, 0.2) is 18.2 Å². The molecule has 3 rings (SSSR count). The lowest BCUT2D eigenvalue weighted by molar-refractivity contribution is -0.0950. The summed E-state index contributed by atoms with van der Waals surface area (Å²) < 4.78 is 21.6. The van der Waals surface area contributed by atoms with Gasteiger partial charge >= 0.3 is 6.03 Å². The van der Waals surface area contributed by atoms with Crippen LogP contribution in [0.25, 0.3) is 0 Å². The van der Waals surface area contributed by atoms with Gasteiger partial charge in [0, 0.05) is 30.8 Å². The van der Waals surface area contributed by atoms with Gasteiger partial charge in [0.2, 0.25) is 0 Å². The fourth-order valence-corrected chi connectivity index (χ4v) is 3.14. The Balaban J connectivity index is 1.54. The molecule has 0 aliphatic carbocycles. The van der Waals surface area contributed by atoms with E-state index < -0.39 is 0 Å². The molecule has 0 bridgehead atoms. The number of methoxy groups -OCH3 is 2. The SMILES string of the molecule is COc1ccc(NC(=O)N2CCC(C3OCCO3)CC2)cc1OC. The quantitative estimate of drug-likeness (QED) is 0.914. The molecule has 2 amide bonds. The van der Waals surface area contributed by atoms with Gasteiger partial charge in [-0.2, -0.15) is 0 Å². The van der Waals surface area contributed by atoms with E-state index in [0.29, 0.717) is 49.4 Å². The molecular weight excluding hydrogens is 312 g/mol. The molecule has 0 atom stereocenters. The first kappa shape index (κ1) is 16.9. The second-order valence-corrected chi connectivity index (χ2v) is 5.93. The molecule has 2 heterocycles. The van der Waals surface area contributed by atoms with Gasteiger partial charge in [0.15, 0.2) is 17.8 Å². The lowest BCUT2D eigenvalue weighted by Gasteiger charge is -2.33. The standard InChI is InChI=1S/C17H24N2O5/c1-21-14-4-3-13(11-15(14)22-2)18-17(20)19-7-5-12(6-8-19)16-23-9-10-24-16/h3-4,11-12,16H,5-10H2,1-2H3,(H,18,20). The van der Waals surface area contributed by atoms with Crippen molar-refractivity contribution in [3.63, 3.8) is 0 Å². The van der Waals surface area contributed by atoms with Gasteiger partial charge in [-0.1, -0.05) is 0 Å². The normalized spacial score (nSPS) is 19.3. The number of benzene rings is 1. The molecule has 0 aromatic heterocycles. The first-order chi connectivity index (χ1) is 11.7. The highest BCUT2D eigenvalue weighted by molar-refractivity contribution is 5.89. The molecule has 0 spiro atoms. The first-order valence-electron chi connectivity index (χ1n) is 8.22. The number of anilines is 1. The Morgan fingerprint density at radius 2 is 1.79 bits per heavy atom. The maximum Gasteiger partial charge on any atom is 0.321 e. The molecule has 1 aromatic carbocycles. The number of ether oxygens (including phenoxy) is 4. The second-order valence-electron chi connectivity index (χ2n) is 5.93. The van der Waals surface area contributed by atoms with Gasteiger partial charge in [-0.05, 0) is 25.0 Å². The van der Waals surface area contributed by atoms with E-state index in [2.05, 4.69) is 5.32 Å². The van der Waals surface area contributed by atoms with Crippen molar-refractivity contribution in [3.05, 3.63) is 18.2 Å². The van der Waals surface area contributed by atoms with Gasteiger partial charge in [-0.3, -0.25) is 0 Å². The third kappa shape index (κ3) is 3.73. The van der Waals surface area contributed by atoms with Crippen LogP contribution in [0.2, 0.25) is 0 Å². The van der Waals surface area contributed by atoms with Crippen molar-refractivity contribution in [1.82, 2.24) is 4.90 Å². The summed E-state index contributed by atoms with van der Waals surface area (Å²) in [5.74, 6) is 1.59. The summed E-state index contributed by atoms with van der Waals surface area (Å²) in [4.78, 5) is 14.3. The summed E-state index contributed by atoms with van der Waals surface area (Å²) in [7, 11) is 3.15. The van der Waals surface area contributed by atoms with Crippen LogP contribution in [0.1, 0.15) is 12.8 Å². The topological polar surface area (TPSA) is 69.3 Å². The van der Waals surface area contributed by atoms with Gasteiger partial charge in [-0.15, -0.1) is 0 Å². The molecule has 0 radical (unpaired) electrons. The molecule has 1 N–H and O–H groups in total. The van der Waals surface area contributed by atoms with Crippen molar-refractivity contribution in [2.24, 2.45) is 5.92 Å². The van der Waals surface area contributed by atoms with Crippen molar-refractivity contribution in [1.29, 1.82) is 0 Å². The molecule has 2 fully saturated rings. The highest BCUT2D eigenvalue weighted by Gasteiger charge is 2.31. The van der Waals surface area contributed by atoms with E-state index in [1.54, 1.807) is 32.4 Å². The van der Waals surface area contributed by atoms with E-state index in [0.717, 1.165) is 12.8 Å². The number of hydrogen-bond acceptors (Lipinski definition) is 5. The van der Waals surface area contributed by atoms with Gasteiger partial charge in [0.05, 0.1) is 27.4 Å². The van der Waals surface area contributed by atoms with E-state index in [4.69, 9.17) is 18.9 Å². The zero-order chi connectivity index (χ0) is 16.9. The van der Waals surface area contributed by atoms with Crippen LogP contribution in [0.5, 0.6) is 11.5 Å². The molecule has 0 unspecified atom stereocenters. The molecule has 1 aromatic rings. The highest BCUT2D eigenvalue weighted by atomic mass is 16.7. The lowest BCUT2D eigenvalue weighted by Crippen LogP contribution is -2.43. The molecule has 132 valence electrons. The Hall–Kier alpha value is -1.99. The summed E-state index contributed by atoms with van der Waals surface area (Å²) in [5.41, 5.74) is 0.683. The number of piperidine rings is 1. The van der Waals surface area contributed by atoms with E-state index in [1.165, 1.54) is 0 Å². The average molecular weight is 336 g/mol. The van der Waals surface area contributed by atoms with Crippen LogP contribution in [-0.2, 0) is 9.47 Å². The Kier molecular flexibility index (Phi) is 5.42. The van der Waals surface area contributed by atoms with E-state index in [9.17, 15) is 4.79 Å². The maximum absolute atomic E-state index is 12.4. The number of nitrogens with one attached hydrogen (secondary N) is 1. The third-order valence-electron chi connectivity index (χ3n) is 4.49. The zero-order valence-corrected chi connectivity index (χ0v) is 14.1. The molecular formula is C17H24N2O5. The van der Waals surface area contributed by atoms with E-state index >= 15 is 0 Å². The molecule has 7 nitrogen and oxygen atoms in total. The number of carbonyl (C=O) groups excluding carboxylic acids is 1. The predicted octanol–water partition coefficient (Wildman–Crippen LogP) is 2.32. The van der Waals surface area contributed by atoms with E-state index in [1.807, 2.05) is 4.90 Å². The Morgan fingerprint density at radius 1 is 1.12 bits per heavy atom. The van der Waals surface area contributed by atoms with Crippen molar-refractivity contribution in [2.75, 3.05) is 45.8 Å². The lowest BCUT2D eigenvalue weighted by atomic mass is 9.96. The van der Waals surface area contributed by atoms with Crippen LogP contribution in [-0.4, -0.2) is 57.7 Å². The molecule has 7 heteroatoms. The minimum Gasteiger partial charge on any atom is -0.493 e. The predicted molar refractivity (Wildman–Crippen MR) is 88.6 cm³/mol. The van der Waals surface area contributed by atoms with Crippen molar-refractivity contribution < 1.29 is 23.7 Å². The minimum atomic E-state index is -0.103. The number of amides is 2. The van der Waals surface area contributed by atoms with Crippen LogP contribution in [0, 0.1) is 5.92 Å². The zero-order valence-electron chi connectivity index (χ0n) is 14.1. The number of urea groups is 1. The van der Waals surface area contributed by atoms with E-state index in [-0.39, 0.29) is 12.3 Å².